The van der Waals surface area contributed by atoms with Gasteiger partial charge in [0.2, 0.25) is 0 Å². The van der Waals surface area contributed by atoms with Gasteiger partial charge in [-0.25, -0.2) is 4.79 Å². The Bertz CT molecular complexity index is 355. The van der Waals surface area contributed by atoms with Gasteiger partial charge in [0.15, 0.2) is 0 Å². The molecule has 0 spiro atoms. The van der Waals surface area contributed by atoms with Crippen LogP contribution < -0.4 is 0 Å². The van der Waals surface area contributed by atoms with Gasteiger partial charge in [0, 0.05) is 11.5 Å². The van der Waals surface area contributed by atoms with E-state index in [1.165, 1.54) is 0 Å². The summed E-state index contributed by atoms with van der Waals surface area (Å²) in [6.07, 6.45) is 9.66. The van der Waals surface area contributed by atoms with Crippen LogP contribution in [0.1, 0.15) is 39.0 Å². The van der Waals surface area contributed by atoms with Gasteiger partial charge < -0.3 is 5.11 Å². The number of carboxylic acid groups (broad SMARTS) is 1. The zero-order chi connectivity index (χ0) is 12.7. The molecule has 0 aromatic heterocycles. The summed E-state index contributed by atoms with van der Waals surface area (Å²) in [5, 5.41) is 18.0. The Morgan fingerprint density at radius 1 is 1.41 bits per heavy atom. The number of nitriles is 1. The maximum atomic E-state index is 11.2. The molecule has 0 heterocycles. The Kier molecular flexibility index (Phi) is 5.48. The number of allylic oxidation sites excluding steroid dienone is 3. The maximum Gasteiger partial charge on any atom is 0.331 e. The fourth-order valence-electron chi connectivity index (χ4n) is 2.22. The Labute approximate surface area is 102 Å². The monoisotopic (exact) mass is 233 g/mol. The number of aliphatic carboxylic acids is 1. The summed E-state index contributed by atoms with van der Waals surface area (Å²) in [6.45, 7) is 2.02. The lowest BCUT2D eigenvalue weighted by atomic mass is 9.79. The smallest absolute Gasteiger partial charge is 0.331 e. The highest BCUT2D eigenvalue weighted by Crippen LogP contribution is 2.33. The van der Waals surface area contributed by atoms with E-state index in [4.69, 9.17) is 5.26 Å². The van der Waals surface area contributed by atoms with Gasteiger partial charge in [-0.2, -0.15) is 5.26 Å². The predicted octanol–water partition coefficient (Wildman–Crippen LogP) is 3.29. The summed E-state index contributed by atoms with van der Waals surface area (Å²) in [7, 11) is 0. The highest BCUT2D eigenvalue weighted by atomic mass is 16.4. The minimum Gasteiger partial charge on any atom is -0.478 e. The van der Waals surface area contributed by atoms with Crippen LogP contribution in [0.3, 0.4) is 0 Å². The molecule has 1 rings (SSSR count). The fraction of sp³-hybridized carbons (Fsp3) is 0.571. The van der Waals surface area contributed by atoms with Crippen molar-refractivity contribution in [3.05, 3.63) is 23.8 Å². The average molecular weight is 233 g/mol. The van der Waals surface area contributed by atoms with Crippen LogP contribution in [0.4, 0.5) is 0 Å². The number of carboxylic acids is 1. The number of nitrogens with zero attached hydrogens (tertiary/aromatic N) is 1. The van der Waals surface area contributed by atoms with E-state index in [-0.39, 0.29) is 11.8 Å². The Morgan fingerprint density at radius 2 is 2.06 bits per heavy atom. The predicted molar refractivity (Wildman–Crippen MR) is 66.2 cm³/mol. The first kappa shape index (κ1) is 13.5. The molecule has 0 aliphatic heterocycles. The molecule has 1 aliphatic carbocycles. The van der Waals surface area contributed by atoms with Crippen molar-refractivity contribution in [2.24, 2.45) is 11.8 Å². The van der Waals surface area contributed by atoms with Crippen LogP contribution in [0.15, 0.2) is 23.8 Å². The second-order valence-corrected chi connectivity index (χ2v) is 4.44. The van der Waals surface area contributed by atoms with E-state index < -0.39 is 5.97 Å². The quantitative estimate of drug-likeness (QED) is 0.598. The topological polar surface area (TPSA) is 61.1 Å². The lowest BCUT2D eigenvalue weighted by molar-refractivity contribution is -0.133. The summed E-state index contributed by atoms with van der Waals surface area (Å²) in [5.41, 5.74) is 0.492. The fourth-order valence-corrected chi connectivity index (χ4v) is 2.22. The van der Waals surface area contributed by atoms with Crippen LogP contribution in [0.2, 0.25) is 0 Å². The van der Waals surface area contributed by atoms with Gasteiger partial charge in [-0.15, -0.1) is 0 Å². The number of hydrogen-bond acceptors (Lipinski definition) is 2. The van der Waals surface area contributed by atoms with E-state index in [9.17, 15) is 9.90 Å². The van der Waals surface area contributed by atoms with E-state index in [1.807, 2.05) is 19.1 Å². The Hall–Kier alpha value is -1.56. The zero-order valence-electron chi connectivity index (χ0n) is 10.2. The lowest BCUT2D eigenvalue weighted by Crippen LogP contribution is -2.19. The molecule has 0 radical (unpaired) electrons. The first-order valence-corrected chi connectivity index (χ1v) is 6.18. The van der Waals surface area contributed by atoms with Gasteiger partial charge in [-0.1, -0.05) is 25.2 Å². The van der Waals surface area contributed by atoms with Gasteiger partial charge in [0.05, 0.1) is 6.07 Å². The third kappa shape index (κ3) is 4.07. The lowest BCUT2D eigenvalue weighted by Gasteiger charge is -2.25. The molecule has 1 fully saturated rings. The first-order chi connectivity index (χ1) is 8.19. The highest BCUT2D eigenvalue weighted by Gasteiger charge is 2.26. The van der Waals surface area contributed by atoms with Gasteiger partial charge >= 0.3 is 5.97 Å². The van der Waals surface area contributed by atoms with Crippen LogP contribution in [0.5, 0.6) is 0 Å². The minimum atomic E-state index is -0.828. The molecule has 92 valence electrons. The van der Waals surface area contributed by atoms with Crippen LogP contribution in [-0.2, 0) is 4.79 Å². The van der Waals surface area contributed by atoms with Crippen LogP contribution in [0, 0.1) is 23.2 Å². The summed E-state index contributed by atoms with van der Waals surface area (Å²) < 4.78 is 0. The molecule has 0 aromatic carbocycles. The van der Waals surface area contributed by atoms with E-state index >= 15 is 0 Å². The van der Waals surface area contributed by atoms with E-state index in [1.54, 1.807) is 6.08 Å². The SMILES string of the molecule is CCC=CC=C(C(=O)O)C1CCC(C#N)CC1. The van der Waals surface area contributed by atoms with Crippen LogP contribution in [-0.4, -0.2) is 11.1 Å². The molecular weight excluding hydrogens is 214 g/mol. The van der Waals surface area contributed by atoms with E-state index in [2.05, 4.69) is 6.07 Å². The molecule has 1 aliphatic rings. The third-order valence-electron chi connectivity index (χ3n) is 3.24. The molecule has 17 heavy (non-hydrogen) atoms. The van der Waals surface area contributed by atoms with Gasteiger partial charge in [-0.05, 0) is 38.0 Å². The van der Waals surface area contributed by atoms with Crippen molar-refractivity contribution in [2.45, 2.75) is 39.0 Å². The first-order valence-electron chi connectivity index (χ1n) is 6.18. The second-order valence-electron chi connectivity index (χ2n) is 4.44. The van der Waals surface area contributed by atoms with Crippen LogP contribution >= 0.6 is 0 Å². The summed E-state index contributed by atoms with van der Waals surface area (Å²) in [6, 6.07) is 2.26. The summed E-state index contributed by atoms with van der Waals surface area (Å²) >= 11 is 0. The van der Waals surface area contributed by atoms with Crippen molar-refractivity contribution in [3.63, 3.8) is 0 Å². The summed E-state index contributed by atoms with van der Waals surface area (Å²) in [5.74, 6) is -0.600. The molecule has 0 bridgehead atoms. The molecular formula is C14H19NO2. The van der Waals surface area contributed by atoms with Crippen molar-refractivity contribution in [1.82, 2.24) is 0 Å². The highest BCUT2D eigenvalue weighted by molar-refractivity contribution is 5.87. The maximum absolute atomic E-state index is 11.2. The summed E-state index contributed by atoms with van der Waals surface area (Å²) in [4.78, 5) is 11.2. The molecule has 0 saturated heterocycles. The molecule has 0 atom stereocenters. The standard InChI is InChI=1S/C14H19NO2/c1-2-3-4-5-13(14(16)17)12-8-6-11(10-15)7-9-12/h3-5,11-12H,2,6-9H2,1H3,(H,16,17). The van der Waals surface area contributed by atoms with E-state index in [0.29, 0.717) is 5.57 Å². The second kappa shape index (κ2) is 6.90. The molecule has 3 nitrogen and oxygen atoms in total. The third-order valence-corrected chi connectivity index (χ3v) is 3.24. The number of carbonyl (C=O) groups is 1. The van der Waals surface area contributed by atoms with Crippen LogP contribution in [0.25, 0.3) is 0 Å². The van der Waals surface area contributed by atoms with Gasteiger partial charge in [0.25, 0.3) is 0 Å². The molecule has 0 unspecified atom stereocenters. The van der Waals surface area contributed by atoms with Crippen molar-refractivity contribution in [3.8, 4) is 6.07 Å². The molecule has 3 heteroatoms. The van der Waals surface area contributed by atoms with Crippen molar-refractivity contribution in [2.75, 3.05) is 0 Å². The van der Waals surface area contributed by atoms with Gasteiger partial charge in [-0.3, -0.25) is 0 Å². The molecule has 0 amide bonds. The van der Waals surface area contributed by atoms with E-state index in [0.717, 1.165) is 32.1 Å². The minimum absolute atomic E-state index is 0.110. The Morgan fingerprint density at radius 3 is 2.53 bits per heavy atom. The normalized spacial score (nSPS) is 25.8. The van der Waals surface area contributed by atoms with Gasteiger partial charge in [0.1, 0.15) is 0 Å². The average Bonchev–Trinajstić information content (AvgIpc) is 2.34. The largest absolute Gasteiger partial charge is 0.478 e. The Balaban J connectivity index is 2.67. The number of rotatable bonds is 4. The van der Waals surface area contributed by atoms with Crippen molar-refractivity contribution < 1.29 is 9.90 Å². The van der Waals surface area contributed by atoms with Crippen molar-refractivity contribution >= 4 is 5.97 Å². The molecule has 1 N–H and O–H groups in total. The zero-order valence-corrected chi connectivity index (χ0v) is 10.2. The molecule has 0 aromatic rings. The number of hydrogen-bond donors (Lipinski definition) is 1. The van der Waals surface area contributed by atoms with Crippen molar-refractivity contribution in [1.29, 1.82) is 5.26 Å². The molecule has 1 saturated carbocycles.